The van der Waals surface area contributed by atoms with E-state index in [9.17, 15) is 13.2 Å². The highest BCUT2D eigenvalue weighted by Gasteiger charge is 2.63. The normalized spacial score (nSPS) is 17.6. The van der Waals surface area contributed by atoms with Gasteiger partial charge >= 0.3 is 6.18 Å². The Hall–Kier alpha value is -1.04. The van der Waals surface area contributed by atoms with Crippen molar-refractivity contribution < 1.29 is 13.2 Å². The summed E-state index contributed by atoms with van der Waals surface area (Å²) in [7, 11) is 0. The molecule has 1 aromatic rings. The second-order valence-electron chi connectivity index (χ2n) is 4.45. The Kier molecular flexibility index (Phi) is 3.40. The molecular weight excluding hydrogens is 267 g/mol. The summed E-state index contributed by atoms with van der Waals surface area (Å²) in [5, 5.41) is 2.61. The standard InChI is InChI=1S/C11H13ClF3N3/c1-2-3-8-16-7(12)6-9(17-8)18-10(4-5-10)11(13,14)15/h6H,2-5H2,1H3,(H,16,17,18). The molecule has 0 radical (unpaired) electrons. The largest absolute Gasteiger partial charge is 0.411 e. The summed E-state index contributed by atoms with van der Waals surface area (Å²) in [5.41, 5.74) is -1.83. The molecule has 2 rings (SSSR count). The maximum Gasteiger partial charge on any atom is 0.411 e. The average Bonchev–Trinajstić information content (AvgIpc) is 2.97. The lowest BCUT2D eigenvalue weighted by molar-refractivity contribution is -0.151. The van der Waals surface area contributed by atoms with Crippen LogP contribution in [-0.2, 0) is 6.42 Å². The number of aromatic nitrogens is 2. The van der Waals surface area contributed by atoms with Crippen LogP contribution >= 0.6 is 11.6 Å². The molecule has 1 aromatic heterocycles. The van der Waals surface area contributed by atoms with Crippen LogP contribution in [0.4, 0.5) is 19.0 Å². The van der Waals surface area contributed by atoms with Gasteiger partial charge in [-0.1, -0.05) is 18.5 Å². The number of hydrogen-bond acceptors (Lipinski definition) is 3. The number of alkyl halides is 3. The Balaban J connectivity index is 2.19. The van der Waals surface area contributed by atoms with E-state index in [1.54, 1.807) is 0 Å². The molecule has 1 aliphatic carbocycles. The van der Waals surface area contributed by atoms with E-state index >= 15 is 0 Å². The van der Waals surface area contributed by atoms with Crippen LogP contribution < -0.4 is 5.32 Å². The number of hydrogen-bond donors (Lipinski definition) is 1. The third kappa shape index (κ3) is 2.68. The lowest BCUT2D eigenvalue weighted by Gasteiger charge is -2.21. The lowest BCUT2D eigenvalue weighted by atomic mass is 10.2. The van der Waals surface area contributed by atoms with Gasteiger partial charge in [0.05, 0.1) is 0 Å². The fourth-order valence-electron chi connectivity index (χ4n) is 1.71. The molecule has 0 saturated heterocycles. The Labute approximate surface area is 108 Å². The molecule has 1 N–H and O–H groups in total. The molecule has 100 valence electrons. The van der Waals surface area contributed by atoms with Gasteiger partial charge in [-0.15, -0.1) is 0 Å². The van der Waals surface area contributed by atoms with Gasteiger partial charge in [-0.3, -0.25) is 0 Å². The van der Waals surface area contributed by atoms with Crippen molar-refractivity contribution in [3.63, 3.8) is 0 Å². The first-order valence-electron chi connectivity index (χ1n) is 5.75. The summed E-state index contributed by atoms with van der Waals surface area (Å²) in [6.07, 6.45) is -2.73. The van der Waals surface area contributed by atoms with Gasteiger partial charge in [-0.05, 0) is 19.3 Å². The summed E-state index contributed by atoms with van der Waals surface area (Å²) in [5.74, 6) is 0.610. The van der Waals surface area contributed by atoms with Crippen LogP contribution in [0.25, 0.3) is 0 Å². The van der Waals surface area contributed by atoms with Crippen molar-refractivity contribution in [3.8, 4) is 0 Å². The third-order valence-electron chi connectivity index (χ3n) is 2.87. The monoisotopic (exact) mass is 279 g/mol. The molecule has 0 atom stereocenters. The number of nitrogens with one attached hydrogen (secondary N) is 1. The number of nitrogens with zero attached hydrogens (tertiary/aromatic N) is 2. The molecule has 0 amide bonds. The number of rotatable bonds is 4. The molecular formula is C11H13ClF3N3. The van der Waals surface area contributed by atoms with Crippen molar-refractivity contribution in [1.29, 1.82) is 0 Å². The van der Waals surface area contributed by atoms with Crippen LogP contribution in [0, 0.1) is 0 Å². The predicted molar refractivity (Wildman–Crippen MR) is 62.7 cm³/mol. The maximum absolute atomic E-state index is 12.8. The molecule has 3 nitrogen and oxygen atoms in total. The van der Waals surface area contributed by atoms with Crippen molar-refractivity contribution in [2.45, 2.75) is 44.3 Å². The minimum Gasteiger partial charge on any atom is -0.356 e. The molecule has 0 aliphatic heterocycles. The average molecular weight is 280 g/mol. The Morgan fingerprint density at radius 2 is 2.06 bits per heavy atom. The summed E-state index contributed by atoms with van der Waals surface area (Å²) in [6, 6.07) is 1.33. The summed E-state index contributed by atoms with van der Waals surface area (Å²) in [4.78, 5) is 8.02. The zero-order chi connectivity index (χ0) is 13.4. The van der Waals surface area contributed by atoms with Crippen molar-refractivity contribution in [1.82, 2.24) is 9.97 Å². The zero-order valence-corrected chi connectivity index (χ0v) is 10.6. The molecule has 0 spiro atoms. The van der Waals surface area contributed by atoms with Gasteiger partial charge in [-0.25, -0.2) is 9.97 Å². The van der Waals surface area contributed by atoms with E-state index in [4.69, 9.17) is 11.6 Å². The first-order chi connectivity index (χ1) is 8.36. The van der Waals surface area contributed by atoms with E-state index in [0.717, 1.165) is 6.42 Å². The highest BCUT2D eigenvalue weighted by Crippen LogP contribution is 2.51. The first kappa shape index (κ1) is 13.4. The Bertz CT molecular complexity index is 444. The highest BCUT2D eigenvalue weighted by atomic mass is 35.5. The van der Waals surface area contributed by atoms with Gasteiger partial charge in [0.1, 0.15) is 22.3 Å². The van der Waals surface area contributed by atoms with E-state index in [1.807, 2.05) is 6.92 Å². The minimum atomic E-state index is -4.27. The van der Waals surface area contributed by atoms with Crippen LogP contribution in [0.2, 0.25) is 5.15 Å². The van der Waals surface area contributed by atoms with E-state index in [-0.39, 0.29) is 23.8 Å². The maximum atomic E-state index is 12.8. The van der Waals surface area contributed by atoms with Crippen LogP contribution in [0.3, 0.4) is 0 Å². The number of anilines is 1. The second kappa shape index (κ2) is 4.57. The Morgan fingerprint density at radius 1 is 1.39 bits per heavy atom. The van der Waals surface area contributed by atoms with E-state index < -0.39 is 11.7 Å². The van der Waals surface area contributed by atoms with Crippen molar-refractivity contribution in [3.05, 3.63) is 17.0 Å². The molecule has 0 bridgehead atoms. The van der Waals surface area contributed by atoms with E-state index in [1.165, 1.54) is 6.07 Å². The third-order valence-corrected chi connectivity index (χ3v) is 3.07. The first-order valence-corrected chi connectivity index (χ1v) is 6.12. The quantitative estimate of drug-likeness (QED) is 0.856. The fraction of sp³-hybridized carbons (Fsp3) is 0.636. The highest BCUT2D eigenvalue weighted by molar-refractivity contribution is 6.29. The second-order valence-corrected chi connectivity index (χ2v) is 4.83. The molecule has 0 unspecified atom stereocenters. The molecule has 1 saturated carbocycles. The molecule has 7 heteroatoms. The Morgan fingerprint density at radius 3 is 2.56 bits per heavy atom. The molecule has 0 aromatic carbocycles. The zero-order valence-electron chi connectivity index (χ0n) is 9.81. The number of halogens is 4. The van der Waals surface area contributed by atoms with Gasteiger partial charge in [0.2, 0.25) is 0 Å². The lowest BCUT2D eigenvalue weighted by Crippen LogP contribution is -2.39. The molecule has 1 heterocycles. The van der Waals surface area contributed by atoms with Crippen molar-refractivity contribution in [2.75, 3.05) is 5.32 Å². The fourth-order valence-corrected chi connectivity index (χ4v) is 1.91. The van der Waals surface area contributed by atoms with Crippen LogP contribution in [-0.4, -0.2) is 21.7 Å². The van der Waals surface area contributed by atoms with Crippen molar-refractivity contribution >= 4 is 17.4 Å². The topological polar surface area (TPSA) is 37.8 Å². The summed E-state index contributed by atoms with van der Waals surface area (Å²) >= 11 is 5.78. The van der Waals surface area contributed by atoms with Crippen LogP contribution in [0.15, 0.2) is 6.07 Å². The van der Waals surface area contributed by atoms with Gasteiger partial charge in [0, 0.05) is 12.5 Å². The van der Waals surface area contributed by atoms with Gasteiger partial charge in [0.25, 0.3) is 0 Å². The molecule has 1 aliphatic rings. The molecule has 1 fully saturated rings. The molecule has 18 heavy (non-hydrogen) atoms. The van der Waals surface area contributed by atoms with Crippen molar-refractivity contribution in [2.24, 2.45) is 0 Å². The van der Waals surface area contributed by atoms with E-state index in [2.05, 4.69) is 15.3 Å². The number of aryl methyl sites for hydroxylation is 1. The van der Waals surface area contributed by atoms with Gasteiger partial charge in [0.15, 0.2) is 0 Å². The summed E-state index contributed by atoms with van der Waals surface area (Å²) < 4.78 is 38.4. The predicted octanol–water partition coefficient (Wildman–Crippen LogP) is 3.59. The minimum absolute atomic E-state index is 0.0707. The van der Waals surface area contributed by atoms with E-state index in [0.29, 0.717) is 12.2 Å². The van der Waals surface area contributed by atoms with Crippen LogP contribution in [0.1, 0.15) is 32.0 Å². The smallest absolute Gasteiger partial charge is 0.356 e. The van der Waals surface area contributed by atoms with Crippen LogP contribution in [0.5, 0.6) is 0 Å². The van der Waals surface area contributed by atoms with Gasteiger partial charge < -0.3 is 5.32 Å². The summed E-state index contributed by atoms with van der Waals surface area (Å²) in [6.45, 7) is 1.94. The van der Waals surface area contributed by atoms with Gasteiger partial charge in [-0.2, -0.15) is 13.2 Å². The SMILES string of the molecule is CCCc1nc(Cl)cc(NC2(C(F)(F)F)CC2)n1.